The van der Waals surface area contributed by atoms with Crippen molar-refractivity contribution in [3.05, 3.63) is 69.5 Å². The molecule has 3 aromatic rings. The zero-order valence-electron chi connectivity index (χ0n) is 16.1. The van der Waals surface area contributed by atoms with E-state index in [4.69, 9.17) is 0 Å². The molecule has 1 aromatic heterocycles. The lowest BCUT2D eigenvalue weighted by atomic mass is 10.0. The predicted octanol–water partition coefficient (Wildman–Crippen LogP) is 2.86. The van der Waals surface area contributed by atoms with Gasteiger partial charge in [-0.3, -0.25) is 14.3 Å². The van der Waals surface area contributed by atoms with Gasteiger partial charge in [0.1, 0.15) is 0 Å². The second kappa shape index (κ2) is 6.93. The normalized spacial score (nSPS) is 15.0. The number of benzene rings is 2. The highest BCUT2D eigenvalue weighted by atomic mass is 32.2. The molecular formula is C20H18F3N3O3S. The van der Waals surface area contributed by atoms with Gasteiger partial charge in [0, 0.05) is 29.7 Å². The fourth-order valence-corrected chi connectivity index (χ4v) is 4.52. The highest BCUT2D eigenvalue weighted by Gasteiger charge is 2.30. The summed E-state index contributed by atoms with van der Waals surface area (Å²) in [6, 6.07) is 8.72. The number of sulfonamides is 1. The zero-order chi connectivity index (χ0) is 21.8. The van der Waals surface area contributed by atoms with E-state index in [2.05, 4.69) is 4.72 Å². The summed E-state index contributed by atoms with van der Waals surface area (Å²) in [5.41, 5.74) is 0.805. The van der Waals surface area contributed by atoms with Crippen LogP contribution in [-0.2, 0) is 29.3 Å². The molecule has 158 valence electrons. The van der Waals surface area contributed by atoms with Crippen molar-refractivity contribution >= 4 is 20.9 Å². The van der Waals surface area contributed by atoms with E-state index >= 15 is 0 Å². The molecule has 1 aliphatic heterocycles. The lowest BCUT2D eigenvalue weighted by Gasteiger charge is -2.16. The van der Waals surface area contributed by atoms with Gasteiger partial charge in [0.2, 0.25) is 10.0 Å². The Morgan fingerprint density at radius 3 is 2.23 bits per heavy atom. The Hall–Kier alpha value is -2.69. The van der Waals surface area contributed by atoms with Crippen LogP contribution in [0.1, 0.15) is 16.7 Å². The van der Waals surface area contributed by atoms with Crippen molar-refractivity contribution in [2.75, 3.05) is 14.1 Å². The Kier molecular flexibility index (Phi) is 4.75. The average molecular weight is 437 g/mol. The summed E-state index contributed by atoms with van der Waals surface area (Å²) in [4.78, 5) is 15.2. The number of aromatic nitrogens is 1. The first-order valence-corrected chi connectivity index (χ1v) is 10.5. The minimum absolute atomic E-state index is 0.0480. The molecule has 0 radical (unpaired) electrons. The van der Waals surface area contributed by atoms with Crippen LogP contribution in [0.2, 0.25) is 0 Å². The molecular weight excluding hydrogens is 419 g/mol. The summed E-state index contributed by atoms with van der Waals surface area (Å²) >= 11 is 0. The van der Waals surface area contributed by atoms with Gasteiger partial charge in [-0.2, -0.15) is 13.2 Å². The molecule has 0 bridgehead atoms. The summed E-state index contributed by atoms with van der Waals surface area (Å²) in [7, 11) is -0.565. The van der Waals surface area contributed by atoms with Crippen molar-refractivity contribution in [2.45, 2.75) is 24.2 Å². The number of hydrogen-bond acceptors (Lipinski definition) is 4. The maximum Gasteiger partial charge on any atom is 0.416 e. The van der Waals surface area contributed by atoms with Gasteiger partial charge in [0.25, 0.3) is 5.56 Å². The monoisotopic (exact) mass is 437 g/mol. The molecule has 0 unspecified atom stereocenters. The second-order valence-corrected chi connectivity index (χ2v) is 9.09. The van der Waals surface area contributed by atoms with Crippen LogP contribution in [0, 0.1) is 0 Å². The van der Waals surface area contributed by atoms with E-state index in [0.29, 0.717) is 29.6 Å². The van der Waals surface area contributed by atoms with Crippen molar-refractivity contribution in [1.29, 1.82) is 0 Å². The lowest BCUT2D eigenvalue weighted by Crippen LogP contribution is -2.24. The molecule has 2 heterocycles. The molecule has 0 aliphatic carbocycles. The second-order valence-electron chi connectivity index (χ2n) is 7.20. The smallest absolute Gasteiger partial charge is 0.298 e. The maximum atomic E-state index is 13.2. The largest absolute Gasteiger partial charge is 0.416 e. The fraction of sp³-hybridized carbons (Fsp3) is 0.250. The first-order chi connectivity index (χ1) is 14.0. The van der Waals surface area contributed by atoms with Gasteiger partial charge < -0.3 is 0 Å². The highest BCUT2D eigenvalue weighted by molar-refractivity contribution is 7.89. The predicted molar refractivity (Wildman–Crippen MR) is 106 cm³/mol. The van der Waals surface area contributed by atoms with Gasteiger partial charge in [-0.05, 0) is 62.1 Å². The summed E-state index contributed by atoms with van der Waals surface area (Å²) in [5, 5.41) is 0.574. The minimum Gasteiger partial charge on any atom is -0.298 e. The van der Waals surface area contributed by atoms with Crippen LogP contribution >= 0.6 is 0 Å². The van der Waals surface area contributed by atoms with Crippen molar-refractivity contribution < 1.29 is 21.6 Å². The molecule has 0 atom stereocenters. The van der Waals surface area contributed by atoms with E-state index in [1.165, 1.54) is 41.9 Å². The van der Waals surface area contributed by atoms with Crippen molar-refractivity contribution in [3.8, 4) is 5.69 Å². The van der Waals surface area contributed by atoms with Crippen LogP contribution in [0.3, 0.4) is 0 Å². The molecule has 4 rings (SSSR count). The van der Waals surface area contributed by atoms with Gasteiger partial charge in [0.05, 0.1) is 16.0 Å². The van der Waals surface area contributed by atoms with Gasteiger partial charge in [0.15, 0.2) is 0 Å². The van der Waals surface area contributed by atoms with Crippen molar-refractivity contribution in [1.82, 2.24) is 14.2 Å². The number of nitrogens with one attached hydrogen (secondary N) is 1. The summed E-state index contributed by atoms with van der Waals surface area (Å²) in [6.07, 6.45) is -4.48. The third kappa shape index (κ3) is 3.30. The van der Waals surface area contributed by atoms with Gasteiger partial charge in [-0.25, -0.2) is 13.1 Å². The molecule has 6 nitrogen and oxygen atoms in total. The number of alkyl halides is 3. The summed E-state index contributed by atoms with van der Waals surface area (Å²) < 4.78 is 66.9. The molecule has 1 aliphatic rings. The van der Waals surface area contributed by atoms with Crippen molar-refractivity contribution in [3.63, 3.8) is 0 Å². The van der Waals surface area contributed by atoms with Crippen LogP contribution in [0.5, 0.6) is 0 Å². The lowest BCUT2D eigenvalue weighted by molar-refractivity contribution is -0.137. The Bertz CT molecular complexity index is 1310. The molecule has 30 heavy (non-hydrogen) atoms. The third-order valence-electron chi connectivity index (χ3n) is 5.25. The van der Waals surface area contributed by atoms with Gasteiger partial charge in [-0.15, -0.1) is 0 Å². The van der Waals surface area contributed by atoms with Crippen LogP contribution in [-0.4, -0.2) is 32.0 Å². The molecule has 1 N–H and O–H groups in total. The standard InChI is InChI=1S/C20H18F3N3O3S/c1-24-30(28,29)14-7-8-18-15(9-14)16-10-25(2)11-17(16)19(27)26(18)13-5-3-12(4-6-13)20(21,22)23/h3-9,24H,10-11H2,1-2H3. The first-order valence-electron chi connectivity index (χ1n) is 9.03. The number of rotatable bonds is 3. The molecule has 0 saturated carbocycles. The van der Waals surface area contributed by atoms with E-state index in [-0.39, 0.29) is 16.1 Å². The summed E-state index contributed by atoms with van der Waals surface area (Å²) in [6.45, 7) is 0.839. The van der Waals surface area contributed by atoms with E-state index in [1.807, 2.05) is 11.9 Å². The molecule has 0 spiro atoms. The minimum atomic E-state index is -4.48. The number of pyridine rings is 1. The van der Waals surface area contributed by atoms with Gasteiger partial charge in [-0.1, -0.05) is 0 Å². The topological polar surface area (TPSA) is 71.4 Å². The Morgan fingerprint density at radius 1 is 1.00 bits per heavy atom. The number of nitrogens with zero attached hydrogens (tertiary/aromatic N) is 2. The van der Waals surface area contributed by atoms with E-state index in [1.54, 1.807) is 0 Å². The SMILES string of the molecule is CNS(=O)(=O)c1ccc2c(c1)c1c(c(=O)n2-c2ccc(C(F)(F)F)cc2)CN(C)C1. The van der Waals surface area contributed by atoms with Crippen LogP contribution in [0.15, 0.2) is 52.2 Å². The first kappa shape index (κ1) is 20.6. The number of halogens is 3. The zero-order valence-corrected chi connectivity index (χ0v) is 16.9. The molecule has 2 aromatic carbocycles. The Balaban J connectivity index is 2.02. The van der Waals surface area contributed by atoms with E-state index in [0.717, 1.165) is 17.7 Å². The molecule has 0 saturated heterocycles. The van der Waals surface area contributed by atoms with Crippen LogP contribution < -0.4 is 10.3 Å². The highest BCUT2D eigenvalue weighted by Crippen LogP contribution is 2.32. The van der Waals surface area contributed by atoms with Crippen LogP contribution in [0.25, 0.3) is 16.6 Å². The van der Waals surface area contributed by atoms with E-state index < -0.39 is 21.8 Å². The quantitative estimate of drug-likeness (QED) is 0.684. The van der Waals surface area contributed by atoms with Crippen molar-refractivity contribution in [2.24, 2.45) is 0 Å². The molecule has 0 fully saturated rings. The molecule has 10 heteroatoms. The van der Waals surface area contributed by atoms with Crippen LogP contribution in [0.4, 0.5) is 13.2 Å². The molecule has 0 amide bonds. The number of hydrogen-bond donors (Lipinski definition) is 1. The maximum absolute atomic E-state index is 13.2. The average Bonchev–Trinajstić information content (AvgIpc) is 3.10. The van der Waals surface area contributed by atoms with E-state index in [9.17, 15) is 26.4 Å². The third-order valence-corrected chi connectivity index (χ3v) is 6.66. The number of fused-ring (bicyclic) bond motifs is 3. The Morgan fingerprint density at radius 2 is 1.63 bits per heavy atom. The summed E-state index contributed by atoms with van der Waals surface area (Å²) in [5.74, 6) is 0. The van der Waals surface area contributed by atoms with Gasteiger partial charge >= 0.3 is 6.18 Å². The fourth-order valence-electron chi connectivity index (χ4n) is 3.77. The Labute approximate surface area is 170 Å².